The van der Waals surface area contributed by atoms with E-state index in [2.05, 4.69) is 10.6 Å². The molecule has 1 aliphatic rings. The van der Waals surface area contributed by atoms with E-state index in [-0.39, 0.29) is 11.9 Å². The first-order chi connectivity index (χ1) is 8.70. The molecule has 4 nitrogen and oxygen atoms in total. The molecule has 0 aromatic heterocycles. The van der Waals surface area contributed by atoms with Gasteiger partial charge in [0.15, 0.2) is 0 Å². The van der Waals surface area contributed by atoms with Crippen LogP contribution in [-0.4, -0.2) is 32.1 Å². The van der Waals surface area contributed by atoms with E-state index < -0.39 is 0 Å². The van der Waals surface area contributed by atoms with Crippen molar-refractivity contribution in [3.8, 4) is 5.75 Å². The zero-order valence-electron chi connectivity index (χ0n) is 10.3. The number of carbonyl (C=O) groups excluding carboxylic acids is 1. The molecular formula is C13H17ClN2O2. The van der Waals surface area contributed by atoms with Gasteiger partial charge in [-0.25, -0.2) is 0 Å². The topological polar surface area (TPSA) is 50.4 Å². The summed E-state index contributed by atoms with van der Waals surface area (Å²) in [5.74, 6) is 0.406. The van der Waals surface area contributed by atoms with E-state index in [9.17, 15) is 4.79 Å². The molecule has 1 saturated heterocycles. The summed E-state index contributed by atoms with van der Waals surface area (Å²) in [7, 11) is 1.54. The third kappa shape index (κ3) is 3.15. The van der Waals surface area contributed by atoms with Crippen molar-refractivity contribution >= 4 is 17.5 Å². The molecule has 5 heteroatoms. The largest absolute Gasteiger partial charge is 0.496 e. The Hall–Kier alpha value is -1.26. The van der Waals surface area contributed by atoms with Crippen molar-refractivity contribution in [2.24, 2.45) is 0 Å². The van der Waals surface area contributed by atoms with E-state index in [1.807, 2.05) is 0 Å². The lowest BCUT2D eigenvalue weighted by molar-refractivity contribution is 0.0927. The van der Waals surface area contributed by atoms with E-state index in [4.69, 9.17) is 16.3 Å². The number of nitrogens with one attached hydrogen (secondary N) is 2. The lowest BCUT2D eigenvalue weighted by Crippen LogP contribution is -2.45. The molecule has 2 N–H and O–H groups in total. The van der Waals surface area contributed by atoms with E-state index in [1.54, 1.807) is 25.3 Å². The molecular weight excluding hydrogens is 252 g/mol. The molecule has 0 bridgehead atoms. The first-order valence-electron chi connectivity index (χ1n) is 6.06. The number of amides is 1. The maximum Gasteiger partial charge on any atom is 0.255 e. The smallest absolute Gasteiger partial charge is 0.255 e. The number of hydrogen-bond acceptors (Lipinski definition) is 3. The lowest BCUT2D eigenvalue weighted by Gasteiger charge is -2.24. The molecule has 1 unspecified atom stereocenters. The minimum Gasteiger partial charge on any atom is -0.496 e. The van der Waals surface area contributed by atoms with Crippen molar-refractivity contribution in [1.82, 2.24) is 10.6 Å². The summed E-state index contributed by atoms with van der Waals surface area (Å²) in [5, 5.41) is 6.79. The van der Waals surface area contributed by atoms with Crippen LogP contribution in [0.2, 0.25) is 5.02 Å². The molecule has 1 atom stereocenters. The highest BCUT2D eigenvalue weighted by atomic mass is 35.5. The molecule has 0 radical (unpaired) electrons. The summed E-state index contributed by atoms with van der Waals surface area (Å²) < 4.78 is 5.18. The quantitative estimate of drug-likeness (QED) is 0.879. The fourth-order valence-electron chi connectivity index (χ4n) is 2.10. The van der Waals surface area contributed by atoms with Crippen molar-refractivity contribution in [2.45, 2.75) is 18.9 Å². The van der Waals surface area contributed by atoms with Gasteiger partial charge in [-0.2, -0.15) is 0 Å². The third-order valence-electron chi connectivity index (χ3n) is 3.04. The van der Waals surface area contributed by atoms with Gasteiger partial charge in [-0.3, -0.25) is 4.79 Å². The first-order valence-corrected chi connectivity index (χ1v) is 6.43. The number of rotatable bonds is 3. The Bertz CT molecular complexity index is 431. The van der Waals surface area contributed by atoms with Gasteiger partial charge < -0.3 is 15.4 Å². The van der Waals surface area contributed by atoms with Gasteiger partial charge in [0.25, 0.3) is 5.91 Å². The second-order valence-electron chi connectivity index (χ2n) is 4.36. The summed E-state index contributed by atoms with van der Waals surface area (Å²) in [6.45, 7) is 1.83. The summed E-state index contributed by atoms with van der Waals surface area (Å²) in [5.41, 5.74) is 0.482. The van der Waals surface area contributed by atoms with Crippen molar-refractivity contribution < 1.29 is 9.53 Å². The molecule has 98 valence electrons. The fourth-order valence-corrected chi connectivity index (χ4v) is 2.27. The van der Waals surface area contributed by atoms with Gasteiger partial charge in [0.1, 0.15) is 5.75 Å². The number of halogens is 1. The third-order valence-corrected chi connectivity index (χ3v) is 3.27. The van der Waals surface area contributed by atoms with Gasteiger partial charge in [-0.15, -0.1) is 0 Å². The Morgan fingerprint density at radius 1 is 1.56 bits per heavy atom. The van der Waals surface area contributed by atoms with Gasteiger partial charge in [-0.05, 0) is 37.6 Å². The van der Waals surface area contributed by atoms with Gasteiger partial charge in [0.2, 0.25) is 0 Å². The van der Waals surface area contributed by atoms with Gasteiger partial charge in [0, 0.05) is 17.6 Å². The van der Waals surface area contributed by atoms with Crippen LogP contribution < -0.4 is 15.4 Å². The molecule has 1 fully saturated rings. The average Bonchev–Trinajstić information content (AvgIpc) is 2.40. The number of ether oxygens (including phenoxy) is 1. The zero-order chi connectivity index (χ0) is 13.0. The number of carbonyl (C=O) groups is 1. The molecule has 0 saturated carbocycles. The van der Waals surface area contributed by atoms with E-state index in [0.717, 1.165) is 25.9 Å². The maximum atomic E-state index is 12.2. The Morgan fingerprint density at radius 3 is 3.06 bits per heavy atom. The van der Waals surface area contributed by atoms with E-state index in [1.165, 1.54) is 0 Å². The second kappa shape index (κ2) is 6.07. The van der Waals surface area contributed by atoms with Crippen LogP contribution in [0.25, 0.3) is 0 Å². The molecule has 1 aromatic carbocycles. The Kier molecular flexibility index (Phi) is 4.44. The highest BCUT2D eigenvalue weighted by Gasteiger charge is 2.19. The molecule has 1 heterocycles. The van der Waals surface area contributed by atoms with Crippen molar-refractivity contribution in [1.29, 1.82) is 0 Å². The fraction of sp³-hybridized carbons (Fsp3) is 0.462. The number of piperidine rings is 1. The average molecular weight is 269 g/mol. The van der Waals surface area contributed by atoms with Crippen LogP contribution in [0.3, 0.4) is 0 Å². The Morgan fingerprint density at radius 2 is 2.39 bits per heavy atom. The minimum atomic E-state index is -0.136. The van der Waals surface area contributed by atoms with Crippen LogP contribution in [0.1, 0.15) is 23.2 Å². The van der Waals surface area contributed by atoms with Crippen LogP contribution >= 0.6 is 11.6 Å². The van der Waals surface area contributed by atoms with Crippen molar-refractivity contribution in [3.05, 3.63) is 28.8 Å². The predicted molar refractivity (Wildman–Crippen MR) is 71.4 cm³/mol. The van der Waals surface area contributed by atoms with Crippen LogP contribution in [0.4, 0.5) is 0 Å². The van der Waals surface area contributed by atoms with Gasteiger partial charge >= 0.3 is 0 Å². The van der Waals surface area contributed by atoms with Crippen LogP contribution in [0, 0.1) is 0 Å². The standard InChI is InChI=1S/C13H17ClN2O2/c1-18-12-5-4-9(14)7-11(12)13(17)16-10-3-2-6-15-8-10/h4-5,7,10,15H,2-3,6,8H2,1H3,(H,16,17). The molecule has 2 rings (SSSR count). The predicted octanol–water partition coefficient (Wildman–Crippen LogP) is 1.83. The van der Waals surface area contributed by atoms with Gasteiger partial charge in [0.05, 0.1) is 12.7 Å². The lowest BCUT2D eigenvalue weighted by atomic mass is 10.1. The molecule has 18 heavy (non-hydrogen) atoms. The number of benzene rings is 1. The summed E-state index contributed by atoms with van der Waals surface area (Å²) in [4.78, 5) is 12.2. The highest BCUT2D eigenvalue weighted by Crippen LogP contribution is 2.22. The Balaban J connectivity index is 2.09. The van der Waals surface area contributed by atoms with E-state index in [0.29, 0.717) is 16.3 Å². The second-order valence-corrected chi connectivity index (χ2v) is 4.80. The SMILES string of the molecule is COc1ccc(Cl)cc1C(=O)NC1CCCNC1. The van der Waals surface area contributed by atoms with Crippen molar-refractivity contribution in [2.75, 3.05) is 20.2 Å². The highest BCUT2D eigenvalue weighted by molar-refractivity contribution is 6.31. The molecule has 1 aliphatic heterocycles. The summed E-state index contributed by atoms with van der Waals surface area (Å²) >= 11 is 5.91. The van der Waals surface area contributed by atoms with E-state index >= 15 is 0 Å². The first kappa shape index (κ1) is 13.2. The summed E-state index contributed by atoms with van der Waals surface area (Å²) in [6, 6.07) is 5.22. The van der Waals surface area contributed by atoms with Gasteiger partial charge in [-0.1, -0.05) is 11.6 Å². The van der Waals surface area contributed by atoms with Crippen LogP contribution in [0.5, 0.6) is 5.75 Å². The molecule has 1 amide bonds. The minimum absolute atomic E-state index is 0.136. The number of hydrogen-bond donors (Lipinski definition) is 2. The molecule has 0 aliphatic carbocycles. The van der Waals surface area contributed by atoms with Crippen LogP contribution in [-0.2, 0) is 0 Å². The number of methoxy groups -OCH3 is 1. The maximum absolute atomic E-state index is 12.2. The Labute approximate surface area is 112 Å². The monoisotopic (exact) mass is 268 g/mol. The van der Waals surface area contributed by atoms with Crippen molar-refractivity contribution in [3.63, 3.8) is 0 Å². The molecule has 1 aromatic rings. The summed E-state index contributed by atoms with van der Waals surface area (Å²) in [6.07, 6.45) is 2.08. The zero-order valence-corrected chi connectivity index (χ0v) is 11.1. The molecule has 0 spiro atoms. The van der Waals surface area contributed by atoms with Crippen LogP contribution in [0.15, 0.2) is 18.2 Å². The normalized spacial score (nSPS) is 19.3.